The van der Waals surface area contributed by atoms with Gasteiger partial charge in [0.2, 0.25) is 0 Å². The lowest BCUT2D eigenvalue weighted by Gasteiger charge is -2.41. The molecule has 0 aromatic rings. The van der Waals surface area contributed by atoms with E-state index in [9.17, 15) is 0 Å². The third-order valence-electron chi connectivity index (χ3n) is 3.33. The molecular weight excluding hydrogens is 174 g/mol. The molecule has 84 valence electrons. The summed E-state index contributed by atoms with van der Waals surface area (Å²) in [5.74, 6) is 0.862. The molecule has 2 nitrogen and oxygen atoms in total. The molecule has 1 fully saturated rings. The SMILES string of the molecule is CC(C)(C)N1CCC(CCCO)CC1. The Morgan fingerprint density at radius 3 is 2.21 bits per heavy atom. The highest BCUT2D eigenvalue weighted by molar-refractivity contribution is 4.81. The summed E-state index contributed by atoms with van der Waals surface area (Å²) in [6.07, 6.45) is 4.84. The van der Waals surface area contributed by atoms with Gasteiger partial charge in [-0.1, -0.05) is 0 Å². The van der Waals surface area contributed by atoms with E-state index < -0.39 is 0 Å². The molecule has 1 aliphatic rings. The number of aliphatic hydroxyl groups excluding tert-OH is 1. The molecule has 0 amide bonds. The van der Waals surface area contributed by atoms with E-state index in [1.165, 1.54) is 32.4 Å². The Balaban J connectivity index is 2.24. The molecule has 1 heterocycles. The van der Waals surface area contributed by atoms with Gasteiger partial charge < -0.3 is 5.11 Å². The number of piperidine rings is 1. The van der Waals surface area contributed by atoms with Crippen molar-refractivity contribution in [3.63, 3.8) is 0 Å². The first-order valence-corrected chi connectivity index (χ1v) is 5.90. The van der Waals surface area contributed by atoms with Crippen molar-refractivity contribution in [3.05, 3.63) is 0 Å². The van der Waals surface area contributed by atoms with E-state index in [-0.39, 0.29) is 0 Å². The van der Waals surface area contributed by atoms with Crippen LogP contribution < -0.4 is 0 Å². The van der Waals surface area contributed by atoms with Crippen molar-refractivity contribution in [1.82, 2.24) is 4.90 Å². The fourth-order valence-corrected chi connectivity index (χ4v) is 2.27. The maximum atomic E-state index is 8.77. The molecule has 2 heteroatoms. The van der Waals surface area contributed by atoms with Crippen LogP contribution in [0.2, 0.25) is 0 Å². The summed E-state index contributed by atoms with van der Waals surface area (Å²) in [4.78, 5) is 2.57. The zero-order valence-corrected chi connectivity index (χ0v) is 9.92. The van der Waals surface area contributed by atoms with E-state index in [1.807, 2.05) is 0 Å². The molecule has 0 unspecified atom stereocenters. The molecule has 0 radical (unpaired) electrons. The van der Waals surface area contributed by atoms with E-state index in [0.29, 0.717) is 12.1 Å². The normalized spacial score (nSPS) is 21.4. The third kappa shape index (κ3) is 3.58. The molecule has 0 spiro atoms. The molecule has 1 aliphatic heterocycles. The highest BCUT2D eigenvalue weighted by Crippen LogP contribution is 2.26. The quantitative estimate of drug-likeness (QED) is 0.753. The van der Waals surface area contributed by atoms with E-state index >= 15 is 0 Å². The largest absolute Gasteiger partial charge is 0.396 e. The number of aliphatic hydroxyl groups is 1. The van der Waals surface area contributed by atoms with Gasteiger partial charge >= 0.3 is 0 Å². The molecular formula is C12H25NO. The van der Waals surface area contributed by atoms with Gasteiger partial charge in [-0.05, 0) is 65.5 Å². The van der Waals surface area contributed by atoms with Gasteiger partial charge in [-0.2, -0.15) is 0 Å². The molecule has 0 bridgehead atoms. The zero-order valence-electron chi connectivity index (χ0n) is 9.92. The maximum absolute atomic E-state index is 8.77. The van der Waals surface area contributed by atoms with E-state index in [0.717, 1.165) is 12.3 Å². The number of nitrogens with zero attached hydrogens (tertiary/aromatic N) is 1. The molecule has 0 atom stereocenters. The highest BCUT2D eigenvalue weighted by Gasteiger charge is 2.26. The number of rotatable bonds is 3. The first kappa shape index (κ1) is 12.0. The standard InChI is InChI=1S/C12H25NO/c1-12(2,3)13-8-6-11(7-9-13)5-4-10-14/h11,14H,4-10H2,1-3H3. The van der Waals surface area contributed by atoms with Crippen LogP contribution in [0.3, 0.4) is 0 Å². The second-order valence-corrected chi connectivity index (χ2v) is 5.47. The van der Waals surface area contributed by atoms with Crippen LogP contribution in [0.25, 0.3) is 0 Å². The van der Waals surface area contributed by atoms with Gasteiger partial charge in [-0.25, -0.2) is 0 Å². The average Bonchev–Trinajstić information content (AvgIpc) is 2.14. The van der Waals surface area contributed by atoms with Crippen molar-refractivity contribution in [2.24, 2.45) is 5.92 Å². The second-order valence-electron chi connectivity index (χ2n) is 5.47. The molecule has 0 aromatic heterocycles. The topological polar surface area (TPSA) is 23.5 Å². The number of hydrogen-bond donors (Lipinski definition) is 1. The van der Waals surface area contributed by atoms with Crippen LogP contribution in [-0.2, 0) is 0 Å². The molecule has 1 saturated heterocycles. The Hall–Kier alpha value is -0.0800. The maximum Gasteiger partial charge on any atom is 0.0431 e. The van der Waals surface area contributed by atoms with Crippen LogP contribution in [0, 0.1) is 5.92 Å². The average molecular weight is 199 g/mol. The fourth-order valence-electron chi connectivity index (χ4n) is 2.27. The molecule has 1 rings (SSSR count). The van der Waals surface area contributed by atoms with Gasteiger partial charge in [-0.15, -0.1) is 0 Å². The Morgan fingerprint density at radius 2 is 1.79 bits per heavy atom. The lowest BCUT2D eigenvalue weighted by molar-refractivity contribution is 0.0832. The first-order valence-electron chi connectivity index (χ1n) is 5.90. The molecule has 0 aliphatic carbocycles. The number of likely N-dealkylation sites (tertiary alicyclic amines) is 1. The van der Waals surface area contributed by atoms with Gasteiger partial charge in [0.15, 0.2) is 0 Å². The number of hydrogen-bond acceptors (Lipinski definition) is 2. The Bertz CT molecular complexity index is 154. The smallest absolute Gasteiger partial charge is 0.0431 e. The van der Waals surface area contributed by atoms with Gasteiger partial charge in [0.05, 0.1) is 0 Å². The minimum absolute atomic E-state index is 0.335. The summed E-state index contributed by atoms with van der Waals surface area (Å²) in [5.41, 5.74) is 0.335. The lowest BCUT2D eigenvalue weighted by Crippen LogP contribution is -2.46. The van der Waals surface area contributed by atoms with Crippen molar-refractivity contribution in [3.8, 4) is 0 Å². The Kier molecular flexibility index (Phi) is 4.39. The molecule has 0 aromatic carbocycles. The van der Waals surface area contributed by atoms with E-state index in [2.05, 4.69) is 25.7 Å². The molecule has 1 N–H and O–H groups in total. The first-order chi connectivity index (χ1) is 6.54. The van der Waals surface area contributed by atoms with Gasteiger partial charge in [0.25, 0.3) is 0 Å². The van der Waals surface area contributed by atoms with Gasteiger partial charge in [-0.3, -0.25) is 4.90 Å². The van der Waals surface area contributed by atoms with Crippen LogP contribution in [0.5, 0.6) is 0 Å². The summed E-state index contributed by atoms with van der Waals surface area (Å²) in [6.45, 7) is 9.71. The summed E-state index contributed by atoms with van der Waals surface area (Å²) < 4.78 is 0. The van der Waals surface area contributed by atoms with Crippen LogP contribution in [0.15, 0.2) is 0 Å². The van der Waals surface area contributed by atoms with Crippen molar-refractivity contribution >= 4 is 0 Å². The Morgan fingerprint density at radius 1 is 1.21 bits per heavy atom. The lowest BCUT2D eigenvalue weighted by atomic mass is 9.90. The van der Waals surface area contributed by atoms with E-state index in [4.69, 9.17) is 5.11 Å². The predicted octanol–water partition coefficient (Wildman–Crippen LogP) is 2.27. The minimum atomic E-state index is 0.335. The zero-order chi connectivity index (χ0) is 10.6. The van der Waals surface area contributed by atoms with Crippen molar-refractivity contribution in [2.45, 2.75) is 52.0 Å². The third-order valence-corrected chi connectivity index (χ3v) is 3.33. The monoisotopic (exact) mass is 199 g/mol. The van der Waals surface area contributed by atoms with Gasteiger partial charge in [0, 0.05) is 12.1 Å². The highest BCUT2D eigenvalue weighted by atomic mass is 16.2. The van der Waals surface area contributed by atoms with Crippen molar-refractivity contribution in [2.75, 3.05) is 19.7 Å². The summed E-state index contributed by atoms with van der Waals surface area (Å²) in [6, 6.07) is 0. The minimum Gasteiger partial charge on any atom is -0.396 e. The van der Waals surface area contributed by atoms with E-state index in [1.54, 1.807) is 0 Å². The second kappa shape index (κ2) is 5.13. The summed E-state index contributed by atoms with van der Waals surface area (Å²) >= 11 is 0. The molecule has 14 heavy (non-hydrogen) atoms. The van der Waals surface area contributed by atoms with Gasteiger partial charge in [0.1, 0.15) is 0 Å². The predicted molar refractivity (Wildman–Crippen MR) is 60.4 cm³/mol. The van der Waals surface area contributed by atoms with Crippen LogP contribution in [0.1, 0.15) is 46.5 Å². The van der Waals surface area contributed by atoms with Crippen LogP contribution >= 0.6 is 0 Å². The van der Waals surface area contributed by atoms with Crippen LogP contribution in [-0.4, -0.2) is 35.2 Å². The summed E-state index contributed by atoms with van der Waals surface area (Å²) in [7, 11) is 0. The Labute approximate surface area is 88.3 Å². The fraction of sp³-hybridized carbons (Fsp3) is 1.00. The summed E-state index contributed by atoms with van der Waals surface area (Å²) in [5, 5.41) is 8.77. The van der Waals surface area contributed by atoms with Crippen molar-refractivity contribution < 1.29 is 5.11 Å². The van der Waals surface area contributed by atoms with Crippen molar-refractivity contribution in [1.29, 1.82) is 0 Å². The van der Waals surface area contributed by atoms with Crippen LogP contribution in [0.4, 0.5) is 0 Å². The molecule has 0 saturated carbocycles.